The molecule has 52 heavy (non-hydrogen) atoms. The number of aryl methyl sites for hydroxylation is 1. The van der Waals surface area contributed by atoms with Gasteiger partial charge in [-0.05, 0) is 110 Å². The van der Waals surface area contributed by atoms with E-state index >= 15 is 0 Å². The number of nitrogens with zero attached hydrogens (tertiary/aromatic N) is 2. The number of pyridine rings is 1. The molecule has 2 atom stereocenters. The summed E-state index contributed by atoms with van der Waals surface area (Å²) in [7, 11) is 0. The lowest BCUT2D eigenvalue weighted by molar-refractivity contribution is 0.491. The Labute approximate surface area is 307 Å². The van der Waals surface area contributed by atoms with Crippen LogP contribution < -0.4 is 0 Å². The van der Waals surface area contributed by atoms with Gasteiger partial charge in [-0.2, -0.15) is 0 Å². The van der Waals surface area contributed by atoms with Gasteiger partial charge >= 0.3 is 0 Å². The monoisotopic (exact) mass is 673 g/mol. The van der Waals surface area contributed by atoms with Crippen molar-refractivity contribution in [2.75, 3.05) is 0 Å². The highest BCUT2D eigenvalue weighted by Gasteiger charge is 2.22. The van der Waals surface area contributed by atoms with Crippen molar-refractivity contribution in [3.05, 3.63) is 193 Å². The fourth-order valence-corrected chi connectivity index (χ4v) is 7.06. The van der Waals surface area contributed by atoms with Crippen LogP contribution in [0.1, 0.15) is 42.5 Å². The van der Waals surface area contributed by atoms with Gasteiger partial charge in [-0.25, -0.2) is 4.99 Å². The summed E-state index contributed by atoms with van der Waals surface area (Å²) in [4.78, 5) is 9.64. The number of rotatable bonds is 10. The Morgan fingerprint density at radius 3 is 2.17 bits per heavy atom. The zero-order valence-corrected chi connectivity index (χ0v) is 30.1. The minimum atomic E-state index is 0.0331. The fourth-order valence-electron chi connectivity index (χ4n) is 7.06. The molecule has 0 bridgehead atoms. The van der Waals surface area contributed by atoms with Crippen molar-refractivity contribution in [1.82, 2.24) is 4.98 Å². The van der Waals surface area contributed by atoms with Crippen LogP contribution >= 0.6 is 0 Å². The van der Waals surface area contributed by atoms with Crippen LogP contribution in [0.5, 0.6) is 0 Å². The van der Waals surface area contributed by atoms with Gasteiger partial charge in [-0.1, -0.05) is 142 Å². The first kappa shape index (κ1) is 34.3. The number of aromatic nitrogens is 1. The van der Waals surface area contributed by atoms with Gasteiger partial charge in [-0.15, -0.1) is 0 Å². The number of amidine groups is 1. The Morgan fingerprint density at radius 2 is 1.40 bits per heavy atom. The smallest absolute Gasteiger partial charge is 0.152 e. The van der Waals surface area contributed by atoms with Gasteiger partial charge in [0.05, 0.1) is 5.71 Å². The van der Waals surface area contributed by atoms with E-state index in [2.05, 4.69) is 148 Å². The molecule has 0 fully saturated rings. The van der Waals surface area contributed by atoms with Crippen molar-refractivity contribution in [2.45, 2.75) is 27.2 Å². The molecule has 0 aliphatic carbocycles. The van der Waals surface area contributed by atoms with E-state index in [1.54, 1.807) is 0 Å². The molecule has 254 valence electrons. The van der Waals surface area contributed by atoms with E-state index in [1.807, 2.05) is 48.8 Å². The van der Waals surface area contributed by atoms with Crippen LogP contribution in [-0.2, 0) is 0 Å². The molecule has 2 unspecified atom stereocenters. The van der Waals surface area contributed by atoms with Crippen molar-refractivity contribution in [2.24, 2.45) is 16.8 Å². The maximum atomic E-state index is 9.16. The predicted octanol–water partition coefficient (Wildman–Crippen LogP) is 12.8. The molecular formula is C49H43N3. The molecular weight excluding hydrogens is 631 g/mol. The Balaban J connectivity index is 1.36. The first-order valence-electron chi connectivity index (χ1n) is 18.0. The lowest BCUT2D eigenvalue weighted by Gasteiger charge is -2.23. The summed E-state index contributed by atoms with van der Waals surface area (Å²) in [5, 5.41) is 14.0. The van der Waals surface area contributed by atoms with E-state index in [0.717, 1.165) is 51.1 Å². The van der Waals surface area contributed by atoms with Crippen LogP contribution in [-0.4, -0.2) is 16.5 Å². The SMILES string of the molecule is C=C(/C=C\CC(C)C(C)/C(=N\C(=N)c1ccccc1)c1cc(-c2cccnc2)cc(-c2cc3ccccc3c3ccccc23)c1)c1ccccc1C. The summed E-state index contributed by atoms with van der Waals surface area (Å²) in [5.41, 5.74) is 10.4. The summed E-state index contributed by atoms with van der Waals surface area (Å²) in [5.74, 6) is 0.517. The highest BCUT2D eigenvalue weighted by molar-refractivity contribution is 6.16. The van der Waals surface area contributed by atoms with E-state index in [-0.39, 0.29) is 17.7 Å². The van der Waals surface area contributed by atoms with Crippen molar-refractivity contribution in [3.8, 4) is 22.3 Å². The number of allylic oxidation sites excluding steroid dienone is 3. The summed E-state index contributed by atoms with van der Waals surface area (Å²) < 4.78 is 0. The van der Waals surface area contributed by atoms with E-state index in [9.17, 15) is 0 Å². The average Bonchev–Trinajstić information content (AvgIpc) is 3.19. The molecule has 0 saturated carbocycles. The third-order valence-corrected chi connectivity index (χ3v) is 10.2. The average molecular weight is 674 g/mol. The standard InChI is InChI=1S/C49H43N3/c1-33(17-14-18-35(3)43-23-10-8-16-34(43)2)36(4)48(52-49(50)37-19-6-5-7-20-37)42-29-40(39-22-15-27-51-32-39)28-41(30-42)47-31-38-21-9-11-24-44(38)45-25-12-13-26-46(45)47/h5-16,18-33,36,50H,3,17H2,1-2,4H3/b18-14-,50-49?,52-48+. The number of nitrogens with one attached hydrogen (secondary N) is 1. The summed E-state index contributed by atoms with van der Waals surface area (Å²) in [6.45, 7) is 11.0. The second-order valence-electron chi connectivity index (χ2n) is 13.7. The second kappa shape index (κ2) is 15.4. The first-order chi connectivity index (χ1) is 25.4. The molecule has 0 saturated heterocycles. The second-order valence-corrected chi connectivity index (χ2v) is 13.7. The molecule has 7 rings (SSSR count). The molecule has 0 amide bonds. The molecule has 1 aromatic heterocycles. The van der Waals surface area contributed by atoms with Crippen LogP contribution in [0.3, 0.4) is 0 Å². The number of hydrogen-bond acceptors (Lipinski definition) is 2. The summed E-state index contributed by atoms with van der Waals surface area (Å²) in [6, 6.07) is 48.6. The first-order valence-corrected chi connectivity index (χ1v) is 18.0. The molecule has 3 nitrogen and oxygen atoms in total. The van der Waals surface area contributed by atoms with E-state index < -0.39 is 0 Å². The predicted molar refractivity (Wildman–Crippen MR) is 222 cm³/mol. The van der Waals surface area contributed by atoms with Crippen molar-refractivity contribution < 1.29 is 0 Å². The number of aliphatic imine (C=N–C) groups is 1. The van der Waals surface area contributed by atoms with Crippen molar-refractivity contribution in [1.29, 1.82) is 5.41 Å². The minimum absolute atomic E-state index is 0.0331. The molecule has 0 spiro atoms. The van der Waals surface area contributed by atoms with Crippen LogP contribution in [0.15, 0.2) is 176 Å². The topological polar surface area (TPSA) is 49.1 Å². The van der Waals surface area contributed by atoms with E-state index in [4.69, 9.17) is 10.4 Å². The molecule has 7 aromatic rings. The van der Waals surface area contributed by atoms with Crippen molar-refractivity contribution in [3.63, 3.8) is 0 Å². The molecule has 1 heterocycles. The Kier molecular flexibility index (Phi) is 10.1. The van der Waals surface area contributed by atoms with Crippen LogP contribution in [0.4, 0.5) is 0 Å². The van der Waals surface area contributed by atoms with E-state index in [0.29, 0.717) is 0 Å². The van der Waals surface area contributed by atoms with Gasteiger partial charge in [0.2, 0.25) is 0 Å². The van der Waals surface area contributed by atoms with Crippen LogP contribution in [0.25, 0.3) is 49.4 Å². The minimum Gasteiger partial charge on any atom is -0.282 e. The molecule has 0 radical (unpaired) electrons. The quantitative estimate of drug-likeness (QED) is 0.0668. The van der Waals surface area contributed by atoms with E-state index in [1.165, 1.54) is 32.7 Å². The fraction of sp³-hybridized carbons (Fsp3) is 0.122. The molecule has 1 N–H and O–H groups in total. The van der Waals surface area contributed by atoms with Crippen LogP contribution in [0, 0.1) is 24.2 Å². The van der Waals surface area contributed by atoms with Crippen molar-refractivity contribution >= 4 is 38.7 Å². The molecule has 0 aliphatic heterocycles. The molecule has 3 heteroatoms. The van der Waals surface area contributed by atoms with Gasteiger partial charge < -0.3 is 0 Å². The zero-order valence-electron chi connectivity index (χ0n) is 30.1. The Hall–Kier alpha value is -6.19. The number of benzene rings is 6. The van der Waals surface area contributed by atoms with Gasteiger partial charge in [0.15, 0.2) is 5.84 Å². The van der Waals surface area contributed by atoms with Gasteiger partial charge in [0.25, 0.3) is 0 Å². The van der Waals surface area contributed by atoms with Gasteiger partial charge in [-0.3, -0.25) is 10.4 Å². The molecule has 0 aliphatic rings. The lowest BCUT2D eigenvalue weighted by atomic mass is 9.83. The number of fused-ring (bicyclic) bond motifs is 3. The summed E-state index contributed by atoms with van der Waals surface area (Å²) >= 11 is 0. The summed E-state index contributed by atoms with van der Waals surface area (Å²) in [6.07, 6.45) is 8.94. The highest BCUT2D eigenvalue weighted by atomic mass is 14.8. The normalized spacial score (nSPS) is 13.0. The maximum Gasteiger partial charge on any atom is 0.152 e. The molecule has 6 aromatic carbocycles. The largest absolute Gasteiger partial charge is 0.282 e. The maximum absolute atomic E-state index is 9.16. The van der Waals surface area contributed by atoms with Crippen LogP contribution in [0.2, 0.25) is 0 Å². The number of hydrogen-bond donors (Lipinski definition) is 1. The Bertz CT molecular complexity index is 2460. The lowest BCUT2D eigenvalue weighted by Crippen LogP contribution is -2.22. The van der Waals surface area contributed by atoms with Gasteiger partial charge in [0, 0.05) is 29.4 Å². The third kappa shape index (κ3) is 7.31. The highest BCUT2D eigenvalue weighted by Crippen LogP contribution is 2.38. The third-order valence-electron chi connectivity index (χ3n) is 10.2. The zero-order chi connectivity index (χ0) is 36.0. The van der Waals surface area contributed by atoms with Gasteiger partial charge in [0.1, 0.15) is 0 Å². The Morgan fingerprint density at radius 1 is 0.712 bits per heavy atom.